The van der Waals surface area contributed by atoms with Crippen molar-refractivity contribution in [3.05, 3.63) is 23.0 Å². The Hall–Kier alpha value is -0.760. The van der Waals surface area contributed by atoms with Crippen molar-refractivity contribution < 1.29 is 0 Å². The average molecular weight is 220 g/mol. The molecule has 2 rings (SSSR count). The van der Waals surface area contributed by atoms with Crippen molar-refractivity contribution in [1.29, 1.82) is 0 Å². The van der Waals surface area contributed by atoms with Crippen molar-refractivity contribution in [1.82, 2.24) is 9.88 Å². The summed E-state index contributed by atoms with van der Waals surface area (Å²) in [5, 5.41) is 3.58. The lowest BCUT2D eigenvalue weighted by molar-refractivity contribution is 0.565. The number of aromatic nitrogens is 1. The first-order valence-electron chi connectivity index (χ1n) is 6.50. The molecule has 16 heavy (non-hydrogen) atoms. The summed E-state index contributed by atoms with van der Waals surface area (Å²) in [5.74, 6) is 0. The van der Waals surface area contributed by atoms with Crippen LogP contribution >= 0.6 is 0 Å². The van der Waals surface area contributed by atoms with Gasteiger partial charge in [0.2, 0.25) is 0 Å². The van der Waals surface area contributed by atoms with E-state index in [1.54, 1.807) is 0 Å². The Morgan fingerprint density at radius 2 is 2.19 bits per heavy atom. The maximum absolute atomic E-state index is 3.58. The summed E-state index contributed by atoms with van der Waals surface area (Å²) in [6.07, 6.45) is 3.88. The fraction of sp³-hybridized carbons (Fsp3) is 0.714. The Kier molecular flexibility index (Phi) is 3.38. The van der Waals surface area contributed by atoms with E-state index in [1.165, 1.54) is 42.8 Å². The second-order valence-corrected chi connectivity index (χ2v) is 5.36. The average Bonchev–Trinajstić information content (AvgIpc) is 2.76. The lowest BCUT2D eigenvalue weighted by Crippen LogP contribution is -2.23. The Labute approximate surface area is 99.0 Å². The van der Waals surface area contributed by atoms with Gasteiger partial charge in [-0.25, -0.2) is 0 Å². The first kappa shape index (κ1) is 11.7. The zero-order valence-electron chi connectivity index (χ0n) is 11.0. The van der Waals surface area contributed by atoms with Crippen molar-refractivity contribution in [3.8, 4) is 0 Å². The van der Waals surface area contributed by atoms with Gasteiger partial charge in [-0.2, -0.15) is 0 Å². The number of nitrogens with one attached hydrogen (secondary N) is 1. The van der Waals surface area contributed by atoms with Gasteiger partial charge in [0.25, 0.3) is 0 Å². The molecule has 90 valence electrons. The standard InChI is InChI=1S/C14H24N2/c1-10(2)16-11(3)8-13(12(16)4)9-14-6-5-7-15-14/h8,10,14-15H,5-7,9H2,1-4H3. The van der Waals surface area contributed by atoms with Gasteiger partial charge in [-0.1, -0.05) is 0 Å². The van der Waals surface area contributed by atoms with Crippen molar-refractivity contribution in [3.63, 3.8) is 0 Å². The molecule has 0 aromatic carbocycles. The summed E-state index contributed by atoms with van der Waals surface area (Å²) in [4.78, 5) is 0. The van der Waals surface area contributed by atoms with Gasteiger partial charge in [0.1, 0.15) is 0 Å². The Morgan fingerprint density at radius 3 is 2.69 bits per heavy atom. The summed E-state index contributed by atoms with van der Waals surface area (Å²) < 4.78 is 2.45. The molecule has 0 spiro atoms. The fourth-order valence-corrected chi connectivity index (χ4v) is 3.04. The quantitative estimate of drug-likeness (QED) is 0.828. The molecule has 0 amide bonds. The second-order valence-electron chi connectivity index (χ2n) is 5.36. The SMILES string of the molecule is Cc1cc(CC2CCCN2)c(C)n1C(C)C. The van der Waals surface area contributed by atoms with E-state index in [1.807, 2.05) is 0 Å². The molecule has 0 aliphatic carbocycles. The van der Waals surface area contributed by atoms with Crippen molar-refractivity contribution in [2.75, 3.05) is 6.54 Å². The second kappa shape index (κ2) is 4.62. The minimum atomic E-state index is 0.574. The zero-order chi connectivity index (χ0) is 11.7. The normalized spacial score (nSPS) is 20.9. The number of hydrogen-bond donors (Lipinski definition) is 1. The van der Waals surface area contributed by atoms with Crippen LogP contribution in [0.1, 0.15) is 49.7 Å². The van der Waals surface area contributed by atoms with Crippen LogP contribution < -0.4 is 5.32 Å². The van der Waals surface area contributed by atoms with E-state index < -0.39 is 0 Å². The van der Waals surface area contributed by atoms with Gasteiger partial charge >= 0.3 is 0 Å². The van der Waals surface area contributed by atoms with Crippen molar-refractivity contribution >= 4 is 0 Å². The van der Waals surface area contributed by atoms with Crippen molar-refractivity contribution in [2.24, 2.45) is 0 Å². The third-order valence-corrected chi connectivity index (χ3v) is 3.73. The molecule has 1 aliphatic heterocycles. The van der Waals surface area contributed by atoms with Crippen LogP contribution in [0.25, 0.3) is 0 Å². The van der Waals surface area contributed by atoms with Crippen LogP contribution in [0.4, 0.5) is 0 Å². The smallest absolute Gasteiger partial charge is 0.0279 e. The zero-order valence-corrected chi connectivity index (χ0v) is 11.0. The predicted octanol–water partition coefficient (Wildman–Crippen LogP) is 2.98. The van der Waals surface area contributed by atoms with Crippen LogP contribution in [0.5, 0.6) is 0 Å². The Bertz CT molecular complexity index is 357. The summed E-state index contributed by atoms with van der Waals surface area (Å²) in [5.41, 5.74) is 4.40. The number of hydrogen-bond acceptors (Lipinski definition) is 1. The van der Waals surface area contributed by atoms with Gasteiger partial charge in [-0.05, 0) is 65.1 Å². The molecular weight excluding hydrogens is 196 g/mol. The van der Waals surface area contributed by atoms with Crippen LogP contribution in [-0.4, -0.2) is 17.2 Å². The third kappa shape index (κ3) is 2.17. The maximum Gasteiger partial charge on any atom is 0.0279 e. The summed E-state index contributed by atoms with van der Waals surface area (Å²) in [7, 11) is 0. The molecule has 0 radical (unpaired) electrons. The van der Waals surface area contributed by atoms with Gasteiger partial charge in [0, 0.05) is 23.5 Å². The van der Waals surface area contributed by atoms with Crippen LogP contribution in [0.2, 0.25) is 0 Å². The van der Waals surface area contributed by atoms with Gasteiger partial charge in [-0.15, -0.1) is 0 Å². The van der Waals surface area contributed by atoms with Gasteiger partial charge in [0.05, 0.1) is 0 Å². The highest BCUT2D eigenvalue weighted by Gasteiger charge is 2.18. The lowest BCUT2D eigenvalue weighted by atomic mass is 10.1. The fourth-order valence-electron chi connectivity index (χ4n) is 3.04. The number of nitrogens with zero attached hydrogens (tertiary/aromatic N) is 1. The molecule has 2 heteroatoms. The summed E-state index contributed by atoms with van der Waals surface area (Å²) in [6, 6.07) is 3.65. The molecule has 1 aliphatic rings. The monoisotopic (exact) mass is 220 g/mol. The minimum Gasteiger partial charge on any atom is -0.346 e. The van der Waals surface area contributed by atoms with E-state index in [0.29, 0.717) is 12.1 Å². The molecule has 2 nitrogen and oxygen atoms in total. The Morgan fingerprint density at radius 1 is 1.44 bits per heavy atom. The predicted molar refractivity (Wildman–Crippen MR) is 69.0 cm³/mol. The van der Waals surface area contributed by atoms with Crippen LogP contribution in [0.15, 0.2) is 6.07 Å². The van der Waals surface area contributed by atoms with Crippen LogP contribution in [-0.2, 0) is 6.42 Å². The first-order valence-corrected chi connectivity index (χ1v) is 6.50. The highest BCUT2D eigenvalue weighted by Crippen LogP contribution is 2.22. The van der Waals surface area contributed by atoms with Crippen LogP contribution in [0, 0.1) is 13.8 Å². The molecule has 0 saturated carbocycles. The van der Waals surface area contributed by atoms with E-state index in [-0.39, 0.29) is 0 Å². The Balaban J connectivity index is 2.18. The highest BCUT2D eigenvalue weighted by molar-refractivity contribution is 5.28. The van der Waals surface area contributed by atoms with E-state index in [0.717, 1.165) is 0 Å². The number of rotatable bonds is 3. The molecule has 0 bridgehead atoms. The summed E-state index contributed by atoms with van der Waals surface area (Å²) in [6.45, 7) is 10.2. The molecular formula is C14H24N2. The van der Waals surface area contributed by atoms with Crippen molar-refractivity contribution in [2.45, 2.75) is 59.0 Å². The first-order chi connectivity index (χ1) is 7.59. The molecule has 2 heterocycles. The van der Waals surface area contributed by atoms with E-state index in [9.17, 15) is 0 Å². The van der Waals surface area contributed by atoms with Gasteiger partial charge < -0.3 is 9.88 Å². The van der Waals surface area contributed by atoms with Crippen LogP contribution in [0.3, 0.4) is 0 Å². The minimum absolute atomic E-state index is 0.574. The largest absolute Gasteiger partial charge is 0.346 e. The molecule has 1 unspecified atom stereocenters. The molecule has 1 atom stereocenters. The van der Waals surface area contributed by atoms with E-state index in [4.69, 9.17) is 0 Å². The third-order valence-electron chi connectivity index (χ3n) is 3.73. The molecule has 1 saturated heterocycles. The van der Waals surface area contributed by atoms with E-state index in [2.05, 4.69) is 43.6 Å². The molecule has 1 fully saturated rings. The molecule has 1 aromatic heterocycles. The number of aryl methyl sites for hydroxylation is 1. The molecule has 1 N–H and O–H groups in total. The van der Waals surface area contributed by atoms with E-state index >= 15 is 0 Å². The van der Waals surface area contributed by atoms with Gasteiger partial charge in [0.15, 0.2) is 0 Å². The molecule has 1 aromatic rings. The lowest BCUT2D eigenvalue weighted by Gasteiger charge is -2.15. The topological polar surface area (TPSA) is 17.0 Å². The van der Waals surface area contributed by atoms with Gasteiger partial charge in [-0.3, -0.25) is 0 Å². The summed E-state index contributed by atoms with van der Waals surface area (Å²) >= 11 is 0. The maximum atomic E-state index is 3.58. The highest BCUT2D eigenvalue weighted by atomic mass is 15.0.